The van der Waals surface area contributed by atoms with Crippen LogP contribution >= 0.6 is 0 Å². The molecule has 0 radical (unpaired) electrons. The maximum absolute atomic E-state index is 11.7. The molecule has 0 bridgehead atoms. The van der Waals surface area contributed by atoms with Crippen molar-refractivity contribution in [3.8, 4) is 17.0 Å². The Kier molecular flexibility index (Phi) is 4.30. The smallest absolute Gasteiger partial charge is 0.277 e. The number of aldehydes is 1. The van der Waals surface area contributed by atoms with E-state index in [2.05, 4.69) is 5.10 Å². The summed E-state index contributed by atoms with van der Waals surface area (Å²) in [5.74, 6) is 0.692. The van der Waals surface area contributed by atoms with Crippen molar-refractivity contribution in [2.45, 2.75) is 13.3 Å². The molecule has 5 nitrogen and oxygen atoms in total. The molecule has 0 N–H and O–H groups in total. The highest BCUT2D eigenvalue weighted by Gasteiger charge is 2.11. The summed E-state index contributed by atoms with van der Waals surface area (Å²) in [4.78, 5) is 22.6. The molecular formula is C15H16N2O3. The average Bonchev–Trinajstić information content (AvgIpc) is 2.48. The van der Waals surface area contributed by atoms with Gasteiger partial charge in [-0.15, -0.1) is 0 Å². The predicted molar refractivity (Wildman–Crippen MR) is 76.1 cm³/mol. The summed E-state index contributed by atoms with van der Waals surface area (Å²) < 4.78 is 6.83. The standard InChI is InChI=1S/C15H16N2O3/c1-3-8-20-14-7-5-4-6-12(14)13-9-11(10-18)15(19)17(2)16-13/h4-7,9-10H,3,8H2,1-2H3. The Morgan fingerprint density at radius 1 is 1.35 bits per heavy atom. The number of rotatable bonds is 5. The van der Waals surface area contributed by atoms with Gasteiger partial charge in [-0.05, 0) is 24.6 Å². The van der Waals surface area contributed by atoms with E-state index in [-0.39, 0.29) is 5.56 Å². The van der Waals surface area contributed by atoms with Crippen molar-refractivity contribution in [1.29, 1.82) is 0 Å². The van der Waals surface area contributed by atoms with Crippen molar-refractivity contribution in [1.82, 2.24) is 9.78 Å². The van der Waals surface area contributed by atoms with Gasteiger partial charge in [0.2, 0.25) is 0 Å². The van der Waals surface area contributed by atoms with Crippen molar-refractivity contribution >= 4 is 6.29 Å². The molecule has 0 fully saturated rings. The van der Waals surface area contributed by atoms with E-state index < -0.39 is 5.56 Å². The number of aromatic nitrogens is 2. The van der Waals surface area contributed by atoms with Crippen LogP contribution in [0.1, 0.15) is 23.7 Å². The van der Waals surface area contributed by atoms with Crippen molar-refractivity contribution < 1.29 is 9.53 Å². The Bertz CT molecular complexity index is 677. The Morgan fingerprint density at radius 3 is 2.80 bits per heavy atom. The summed E-state index contributed by atoms with van der Waals surface area (Å²) in [5.41, 5.74) is 0.985. The molecular weight excluding hydrogens is 256 g/mol. The lowest BCUT2D eigenvalue weighted by Gasteiger charge is -2.11. The maximum atomic E-state index is 11.7. The van der Waals surface area contributed by atoms with Crippen LogP contribution in [0.5, 0.6) is 5.75 Å². The van der Waals surface area contributed by atoms with E-state index >= 15 is 0 Å². The van der Waals surface area contributed by atoms with Gasteiger partial charge < -0.3 is 4.74 Å². The lowest BCUT2D eigenvalue weighted by molar-refractivity contribution is 0.112. The largest absolute Gasteiger partial charge is 0.493 e. The number of hydrogen-bond donors (Lipinski definition) is 0. The van der Waals surface area contributed by atoms with E-state index in [1.807, 2.05) is 31.2 Å². The molecule has 0 aliphatic carbocycles. The first-order valence-electron chi connectivity index (χ1n) is 6.43. The van der Waals surface area contributed by atoms with Crippen molar-refractivity contribution in [2.24, 2.45) is 7.05 Å². The van der Waals surface area contributed by atoms with E-state index in [9.17, 15) is 9.59 Å². The Labute approximate surface area is 116 Å². The van der Waals surface area contributed by atoms with Gasteiger partial charge in [-0.3, -0.25) is 9.59 Å². The normalized spacial score (nSPS) is 10.3. The Hall–Kier alpha value is -2.43. The highest BCUT2D eigenvalue weighted by atomic mass is 16.5. The van der Waals surface area contributed by atoms with Crippen molar-refractivity contribution in [3.05, 3.63) is 46.2 Å². The minimum atomic E-state index is -0.407. The zero-order chi connectivity index (χ0) is 14.5. The van der Waals surface area contributed by atoms with E-state index in [0.717, 1.165) is 16.7 Å². The zero-order valence-corrected chi connectivity index (χ0v) is 11.5. The topological polar surface area (TPSA) is 61.2 Å². The van der Waals surface area contributed by atoms with Gasteiger partial charge in [0, 0.05) is 12.6 Å². The first kappa shape index (κ1) is 14.0. The van der Waals surface area contributed by atoms with Gasteiger partial charge in [-0.1, -0.05) is 19.1 Å². The van der Waals surface area contributed by atoms with Crippen molar-refractivity contribution in [2.75, 3.05) is 6.61 Å². The maximum Gasteiger partial charge on any atom is 0.277 e. The van der Waals surface area contributed by atoms with Crippen LogP contribution in [0, 0.1) is 0 Å². The summed E-state index contributed by atoms with van der Waals surface area (Å²) in [6, 6.07) is 8.92. The minimum Gasteiger partial charge on any atom is -0.493 e. The summed E-state index contributed by atoms with van der Waals surface area (Å²) in [7, 11) is 1.52. The number of para-hydroxylation sites is 1. The van der Waals surface area contributed by atoms with Gasteiger partial charge in [0.05, 0.1) is 17.9 Å². The molecule has 0 amide bonds. The van der Waals surface area contributed by atoms with Gasteiger partial charge in [0.25, 0.3) is 5.56 Å². The summed E-state index contributed by atoms with van der Waals surface area (Å²) in [5, 5.41) is 4.19. The first-order valence-corrected chi connectivity index (χ1v) is 6.43. The molecule has 0 spiro atoms. The highest BCUT2D eigenvalue weighted by Crippen LogP contribution is 2.28. The molecule has 5 heteroatoms. The molecule has 1 aromatic carbocycles. The zero-order valence-electron chi connectivity index (χ0n) is 11.5. The quantitative estimate of drug-likeness (QED) is 0.781. The van der Waals surface area contributed by atoms with Crippen LogP contribution in [0.25, 0.3) is 11.3 Å². The summed E-state index contributed by atoms with van der Waals surface area (Å²) in [6.45, 7) is 2.63. The number of benzene rings is 1. The van der Waals surface area contributed by atoms with Gasteiger partial charge in [-0.25, -0.2) is 4.68 Å². The van der Waals surface area contributed by atoms with Crippen LogP contribution < -0.4 is 10.3 Å². The van der Waals surface area contributed by atoms with Gasteiger partial charge >= 0.3 is 0 Å². The van der Waals surface area contributed by atoms with Crippen LogP contribution in [0.3, 0.4) is 0 Å². The molecule has 0 saturated heterocycles. The first-order chi connectivity index (χ1) is 9.67. The number of nitrogens with zero attached hydrogens (tertiary/aromatic N) is 2. The van der Waals surface area contributed by atoms with Gasteiger partial charge in [0.15, 0.2) is 6.29 Å². The number of hydrogen-bond acceptors (Lipinski definition) is 4. The third kappa shape index (κ3) is 2.77. The molecule has 104 valence electrons. The number of aryl methyl sites for hydroxylation is 1. The second-order valence-corrected chi connectivity index (χ2v) is 4.38. The van der Waals surface area contributed by atoms with Crippen LogP contribution in [0.4, 0.5) is 0 Å². The molecule has 0 saturated carbocycles. The number of carbonyl (C=O) groups excluding carboxylic acids is 1. The molecule has 0 aliphatic heterocycles. The average molecular weight is 272 g/mol. The highest BCUT2D eigenvalue weighted by molar-refractivity contribution is 5.78. The van der Waals surface area contributed by atoms with Crippen molar-refractivity contribution in [3.63, 3.8) is 0 Å². The molecule has 2 aromatic rings. The fourth-order valence-electron chi connectivity index (χ4n) is 1.86. The van der Waals surface area contributed by atoms with E-state index in [1.165, 1.54) is 13.1 Å². The Morgan fingerprint density at radius 2 is 2.10 bits per heavy atom. The minimum absolute atomic E-state index is 0.0859. The SMILES string of the molecule is CCCOc1ccccc1-c1cc(C=O)c(=O)n(C)n1. The number of carbonyl (C=O) groups is 1. The van der Waals surface area contributed by atoms with E-state index in [4.69, 9.17) is 4.74 Å². The van der Waals surface area contributed by atoms with Gasteiger partial charge in [-0.2, -0.15) is 5.10 Å². The van der Waals surface area contributed by atoms with Crippen LogP contribution in [0.15, 0.2) is 35.1 Å². The molecule has 1 aromatic heterocycles. The van der Waals surface area contributed by atoms with E-state index in [0.29, 0.717) is 24.3 Å². The molecule has 0 aliphatic rings. The van der Waals surface area contributed by atoms with E-state index in [1.54, 1.807) is 0 Å². The fourth-order valence-corrected chi connectivity index (χ4v) is 1.86. The molecule has 1 heterocycles. The van der Waals surface area contributed by atoms with Gasteiger partial charge in [0.1, 0.15) is 5.75 Å². The fraction of sp³-hybridized carbons (Fsp3) is 0.267. The molecule has 0 atom stereocenters. The van der Waals surface area contributed by atoms with Crippen LogP contribution in [-0.4, -0.2) is 22.7 Å². The third-order valence-electron chi connectivity index (χ3n) is 2.84. The van der Waals surface area contributed by atoms with Crippen LogP contribution in [0.2, 0.25) is 0 Å². The molecule has 20 heavy (non-hydrogen) atoms. The molecule has 0 unspecified atom stereocenters. The lowest BCUT2D eigenvalue weighted by Crippen LogP contribution is -2.23. The predicted octanol–water partition coefficient (Wildman–Crippen LogP) is 2.05. The second kappa shape index (κ2) is 6.14. The second-order valence-electron chi connectivity index (χ2n) is 4.38. The number of ether oxygens (including phenoxy) is 1. The molecule has 2 rings (SSSR count). The summed E-state index contributed by atoms with van der Waals surface area (Å²) in [6.07, 6.45) is 1.44. The third-order valence-corrected chi connectivity index (χ3v) is 2.84. The monoisotopic (exact) mass is 272 g/mol. The van der Waals surface area contributed by atoms with Crippen LogP contribution in [-0.2, 0) is 7.05 Å². The summed E-state index contributed by atoms with van der Waals surface area (Å²) >= 11 is 0. The lowest BCUT2D eigenvalue weighted by atomic mass is 10.1. The Balaban J connectivity index is 2.54.